The fraction of sp³-hybridized carbons (Fsp3) is 0.500. The molecule has 2 atom stereocenters. The van der Waals surface area contributed by atoms with E-state index in [-0.39, 0.29) is 12.2 Å². The van der Waals surface area contributed by atoms with Crippen LogP contribution in [0.4, 0.5) is 4.79 Å². The smallest absolute Gasteiger partial charge is 0.408 e. The topological polar surface area (TPSA) is 134 Å². The lowest BCUT2D eigenvalue weighted by molar-refractivity contribution is -0.145. The van der Waals surface area contributed by atoms with E-state index in [1.807, 2.05) is 0 Å². The molecule has 150 valence electrons. The highest BCUT2D eigenvalue weighted by Gasteiger charge is 2.28. The second-order valence-corrected chi connectivity index (χ2v) is 6.84. The Labute approximate surface area is 157 Å². The van der Waals surface area contributed by atoms with E-state index in [0.717, 1.165) is 0 Å². The summed E-state index contributed by atoms with van der Waals surface area (Å²) in [5.74, 6) is -1.39. The first-order chi connectivity index (χ1) is 12.6. The Bertz CT molecular complexity index is 653. The van der Waals surface area contributed by atoms with Gasteiger partial charge in [-0.15, -0.1) is 0 Å². The maximum Gasteiger partial charge on any atom is 0.408 e. The van der Waals surface area contributed by atoms with Crippen molar-refractivity contribution in [2.45, 2.75) is 44.9 Å². The van der Waals surface area contributed by atoms with Crippen LogP contribution >= 0.6 is 0 Å². The van der Waals surface area contributed by atoms with Crippen molar-refractivity contribution in [2.24, 2.45) is 0 Å². The molecule has 1 rings (SSSR count). The molecule has 0 aliphatic rings. The highest BCUT2D eigenvalue weighted by atomic mass is 16.6. The van der Waals surface area contributed by atoms with Crippen molar-refractivity contribution < 1.29 is 34.1 Å². The van der Waals surface area contributed by atoms with Crippen molar-refractivity contribution in [3.63, 3.8) is 0 Å². The van der Waals surface area contributed by atoms with Crippen LogP contribution in [0.15, 0.2) is 24.3 Å². The largest absolute Gasteiger partial charge is 0.508 e. The van der Waals surface area contributed by atoms with Gasteiger partial charge in [-0.3, -0.25) is 4.79 Å². The molecule has 0 saturated heterocycles. The van der Waals surface area contributed by atoms with Crippen LogP contribution in [0.1, 0.15) is 26.3 Å². The van der Waals surface area contributed by atoms with E-state index in [9.17, 15) is 24.6 Å². The molecule has 0 spiro atoms. The summed E-state index contributed by atoms with van der Waals surface area (Å²) in [7, 11) is 1.18. The molecule has 1 aromatic rings. The van der Waals surface area contributed by atoms with Crippen LogP contribution in [0.3, 0.4) is 0 Å². The van der Waals surface area contributed by atoms with Crippen LogP contribution in [0.5, 0.6) is 5.75 Å². The van der Waals surface area contributed by atoms with Gasteiger partial charge >= 0.3 is 12.1 Å². The van der Waals surface area contributed by atoms with E-state index in [4.69, 9.17) is 9.47 Å². The number of ether oxygens (including phenoxy) is 2. The predicted octanol–water partition coefficient (Wildman–Crippen LogP) is 0.478. The fourth-order valence-electron chi connectivity index (χ4n) is 2.12. The normalized spacial score (nSPS) is 13.2. The first-order valence-corrected chi connectivity index (χ1v) is 8.32. The van der Waals surface area contributed by atoms with Crippen LogP contribution in [0.25, 0.3) is 0 Å². The third-order valence-corrected chi connectivity index (χ3v) is 3.37. The standard InChI is InChI=1S/C18H26N2O7/c1-18(2,3)27-17(25)20-14(10-21)15(23)19-13(16(24)26-4)9-11-5-7-12(22)8-6-11/h5-8,13-14,21-22H,9-10H2,1-4H3,(H,19,23)(H,20,25). The number of aromatic hydroxyl groups is 1. The molecule has 9 nitrogen and oxygen atoms in total. The zero-order valence-electron chi connectivity index (χ0n) is 15.8. The Hall–Kier alpha value is -2.81. The molecule has 1 aromatic carbocycles. The Morgan fingerprint density at radius 1 is 1.07 bits per heavy atom. The van der Waals surface area contributed by atoms with Gasteiger partial charge in [-0.25, -0.2) is 9.59 Å². The number of benzene rings is 1. The van der Waals surface area contributed by atoms with E-state index in [1.165, 1.54) is 19.2 Å². The number of aliphatic hydroxyl groups excluding tert-OH is 1. The fourth-order valence-corrected chi connectivity index (χ4v) is 2.12. The van der Waals surface area contributed by atoms with Gasteiger partial charge in [-0.1, -0.05) is 12.1 Å². The molecule has 0 radical (unpaired) electrons. The van der Waals surface area contributed by atoms with Gasteiger partial charge in [0.05, 0.1) is 13.7 Å². The van der Waals surface area contributed by atoms with Gasteiger partial charge in [0.1, 0.15) is 23.4 Å². The Kier molecular flexibility index (Phi) is 8.04. The number of carbonyl (C=O) groups is 3. The summed E-state index contributed by atoms with van der Waals surface area (Å²) < 4.78 is 9.74. The van der Waals surface area contributed by atoms with Crippen molar-refractivity contribution in [1.82, 2.24) is 10.6 Å². The van der Waals surface area contributed by atoms with E-state index < -0.39 is 42.3 Å². The maximum absolute atomic E-state index is 12.4. The quantitative estimate of drug-likeness (QED) is 0.504. The monoisotopic (exact) mass is 382 g/mol. The summed E-state index contributed by atoms with van der Waals surface area (Å²) in [6.45, 7) is 4.29. The second kappa shape index (κ2) is 9.77. The van der Waals surface area contributed by atoms with Gasteiger partial charge in [0.2, 0.25) is 5.91 Å². The third-order valence-electron chi connectivity index (χ3n) is 3.37. The van der Waals surface area contributed by atoms with E-state index >= 15 is 0 Å². The number of alkyl carbamates (subject to hydrolysis) is 1. The number of nitrogens with one attached hydrogen (secondary N) is 2. The number of rotatable bonds is 7. The Balaban J connectivity index is 2.79. The van der Waals surface area contributed by atoms with Crippen LogP contribution < -0.4 is 10.6 Å². The van der Waals surface area contributed by atoms with Crippen LogP contribution in [-0.4, -0.2) is 59.6 Å². The highest BCUT2D eigenvalue weighted by Crippen LogP contribution is 2.12. The number of methoxy groups -OCH3 is 1. The third kappa shape index (κ3) is 7.95. The molecule has 2 unspecified atom stereocenters. The van der Waals surface area contributed by atoms with Gasteiger partial charge in [0.25, 0.3) is 0 Å². The molecule has 9 heteroatoms. The molecular weight excluding hydrogens is 356 g/mol. The number of amides is 2. The van der Waals surface area contributed by atoms with Gasteiger partial charge < -0.3 is 30.3 Å². The number of hydrogen-bond donors (Lipinski definition) is 4. The molecule has 0 heterocycles. The average Bonchev–Trinajstić information content (AvgIpc) is 2.58. The minimum Gasteiger partial charge on any atom is -0.508 e. The maximum atomic E-state index is 12.4. The second-order valence-electron chi connectivity index (χ2n) is 6.84. The Morgan fingerprint density at radius 2 is 1.67 bits per heavy atom. The lowest BCUT2D eigenvalue weighted by Crippen LogP contribution is -2.54. The van der Waals surface area contributed by atoms with Crippen LogP contribution in [0, 0.1) is 0 Å². The lowest BCUT2D eigenvalue weighted by atomic mass is 10.1. The van der Waals surface area contributed by atoms with Gasteiger partial charge in [-0.05, 0) is 38.5 Å². The predicted molar refractivity (Wildman–Crippen MR) is 96.0 cm³/mol. The Morgan fingerprint density at radius 3 is 2.15 bits per heavy atom. The van der Waals surface area contributed by atoms with Gasteiger partial charge in [0, 0.05) is 6.42 Å². The number of phenols is 1. The van der Waals surface area contributed by atoms with E-state index in [0.29, 0.717) is 5.56 Å². The minimum atomic E-state index is -1.30. The minimum absolute atomic E-state index is 0.0688. The molecule has 27 heavy (non-hydrogen) atoms. The molecule has 0 saturated carbocycles. The SMILES string of the molecule is COC(=O)C(Cc1ccc(O)cc1)NC(=O)C(CO)NC(=O)OC(C)(C)C. The van der Waals surface area contributed by atoms with E-state index in [1.54, 1.807) is 32.9 Å². The van der Waals surface area contributed by atoms with Crippen molar-refractivity contribution in [2.75, 3.05) is 13.7 Å². The van der Waals surface area contributed by atoms with Crippen molar-refractivity contribution >= 4 is 18.0 Å². The van der Waals surface area contributed by atoms with Gasteiger partial charge in [0.15, 0.2) is 0 Å². The summed E-state index contributed by atoms with van der Waals surface area (Å²) in [4.78, 5) is 36.1. The average molecular weight is 382 g/mol. The summed E-state index contributed by atoms with van der Waals surface area (Å²) in [6.07, 6.45) is -0.770. The van der Waals surface area contributed by atoms with Crippen LogP contribution in [-0.2, 0) is 25.5 Å². The molecule has 0 bridgehead atoms. The summed E-state index contributed by atoms with van der Waals surface area (Å²) in [5, 5.41) is 23.4. The summed E-state index contributed by atoms with van der Waals surface area (Å²) >= 11 is 0. The molecule has 0 aromatic heterocycles. The number of hydrogen-bond acceptors (Lipinski definition) is 7. The van der Waals surface area contributed by atoms with Crippen molar-refractivity contribution in [3.05, 3.63) is 29.8 Å². The van der Waals surface area contributed by atoms with E-state index in [2.05, 4.69) is 10.6 Å². The molecule has 0 fully saturated rings. The first-order valence-electron chi connectivity index (χ1n) is 8.32. The molecule has 2 amide bonds. The molecule has 4 N–H and O–H groups in total. The van der Waals surface area contributed by atoms with Gasteiger partial charge in [-0.2, -0.15) is 0 Å². The highest BCUT2D eigenvalue weighted by molar-refractivity contribution is 5.89. The molecule has 0 aliphatic carbocycles. The van der Waals surface area contributed by atoms with Crippen LogP contribution in [0.2, 0.25) is 0 Å². The molecule has 0 aliphatic heterocycles. The zero-order chi connectivity index (χ0) is 20.6. The first kappa shape index (κ1) is 22.2. The number of phenolic OH excluding ortho intramolecular Hbond substituents is 1. The summed E-state index contributed by atoms with van der Waals surface area (Å²) in [5.41, 5.74) is -0.0993. The zero-order valence-corrected chi connectivity index (χ0v) is 15.8. The lowest BCUT2D eigenvalue weighted by Gasteiger charge is -2.24. The number of aliphatic hydroxyl groups is 1. The summed E-state index contributed by atoms with van der Waals surface area (Å²) in [6, 6.07) is 3.76. The van der Waals surface area contributed by atoms with Crippen molar-refractivity contribution in [1.29, 1.82) is 0 Å². The van der Waals surface area contributed by atoms with Crippen molar-refractivity contribution in [3.8, 4) is 5.75 Å². The molecular formula is C18H26N2O7. The number of esters is 1. The number of carbonyl (C=O) groups excluding carboxylic acids is 3.